The van der Waals surface area contributed by atoms with Gasteiger partial charge in [0.05, 0.1) is 19.0 Å². The van der Waals surface area contributed by atoms with Crippen LogP contribution in [0.3, 0.4) is 0 Å². The molecule has 0 unspecified atom stereocenters. The number of aliphatic hydroxyl groups is 1. The van der Waals surface area contributed by atoms with Gasteiger partial charge in [-0.05, 0) is 26.2 Å². The molecule has 0 spiro atoms. The Labute approximate surface area is 102 Å². The summed E-state index contributed by atoms with van der Waals surface area (Å²) in [5.41, 5.74) is 0. The SMILES string of the molecule is CCNc1cncc(N(CCO)C2CCC2)n1. The maximum absolute atomic E-state index is 9.13. The summed E-state index contributed by atoms with van der Waals surface area (Å²) >= 11 is 0. The Morgan fingerprint density at radius 3 is 2.88 bits per heavy atom. The van der Waals surface area contributed by atoms with E-state index in [1.54, 1.807) is 12.4 Å². The third kappa shape index (κ3) is 2.85. The molecule has 1 saturated carbocycles. The molecule has 2 N–H and O–H groups in total. The monoisotopic (exact) mass is 236 g/mol. The van der Waals surface area contributed by atoms with Crippen LogP contribution in [-0.4, -0.2) is 40.8 Å². The molecule has 1 aromatic heterocycles. The maximum atomic E-state index is 9.13. The Hall–Kier alpha value is -1.36. The third-order valence-electron chi connectivity index (χ3n) is 3.13. The molecule has 2 rings (SSSR count). The Bertz CT molecular complexity index is 354. The lowest BCUT2D eigenvalue weighted by Gasteiger charge is -2.38. The summed E-state index contributed by atoms with van der Waals surface area (Å²) in [6.07, 6.45) is 7.15. The van der Waals surface area contributed by atoms with E-state index < -0.39 is 0 Å². The van der Waals surface area contributed by atoms with Crippen molar-refractivity contribution < 1.29 is 5.11 Å². The van der Waals surface area contributed by atoms with Crippen molar-refractivity contribution >= 4 is 11.6 Å². The minimum atomic E-state index is 0.156. The fourth-order valence-electron chi connectivity index (χ4n) is 2.05. The molecule has 94 valence electrons. The van der Waals surface area contributed by atoms with Crippen molar-refractivity contribution in [2.24, 2.45) is 0 Å². The average Bonchev–Trinajstić information content (AvgIpc) is 2.27. The van der Waals surface area contributed by atoms with Crippen LogP contribution in [0.5, 0.6) is 0 Å². The standard InChI is InChI=1S/C12H20N4O/c1-2-14-11-8-13-9-12(15-11)16(6-7-17)10-4-3-5-10/h8-10,17H,2-7H2,1H3,(H,14,15). The molecular weight excluding hydrogens is 216 g/mol. The van der Waals surface area contributed by atoms with Gasteiger partial charge in [-0.1, -0.05) is 0 Å². The largest absolute Gasteiger partial charge is 0.395 e. The smallest absolute Gasteiger partial charge is 0.149 e. The van der Waals surface area contributed by atoms with Gasteiger partial charge in [-0.3, -0.25) is 4.98 Å². The minimum absolute atomic E-state index is 0.156. The Balaban J connectivity index is 2.13. The minimum Gasteiger partial charge on any atom is -0.395 e. The second-order valence-electron chi connectivity index (χ2n) is 4.29. The number of aromatic nitrogens is 2. The van der Waals surface area contributed by atoms with Gasteiger partial charge < -0.3 is 15.3 Å². The highest BCUT2D eigenvalue weighted by atomic mass is 16.3. The molecule has 0 atom stereocenters. The van der Waals surface area contributed by atoms with Crippen LogP contribution in [0.4, 0.5) is 11.6 Å². The van der Waals surface area contributed by atoms with Crippen LogP contribution < -0.4 is 10.2 Å². The summed E-state index contributed by atoms with van der Waals surface area (Å²) in [6.45, 7) is 3.66. The molecule has 1 aliphatic rings. The zero-order valence-corrected chi connectivity index (χ0v) is 10.3. The lowest BCUT2D eigenvalue weighted by atomic mass is 9.91. The van der Waals surface area contributed by atoms with Crippen LogP contribution in [0, 0.1) is 0 Å². The van der Waals surface area contributed by atoms with Gasteiger partial charge in [0.25, 0.3) is 0 Å². The van der Waals surface area contributed by atoms with Crippen LogP contribution in [0.25, 0.3) is 0 Å². The first-order valence-electron chi connectivity index (χ1n) is 6.28. The number of anilines is 2. The number of hydrogen-bond acceptors (Lipinski definition) is 5. The van der Waals surface area contributed by atoms with E-state index in [0.717, 1.165) is 18.2 Å². The zero-order valence-electron chi connectivity index (χ0n) is 10.3. The van der Waals surface area contributed by atoms with Gasteiger partial charge in [-0.2, -0.15) is 0 Å². The third-order valence-corrected chi connectivity index (χ3v) is 3.13. The van der Waals surface area contributed by atoms with Gasteiger partial charge in [-0.15, -0.1) is 0 Å². The van der Waals surface area contributed by atoms with Crippen LogP contribution in [0.2, 0.25) is 0 Å². The maximum Gasteiger partial charge on any atom is 0.149 e. The van der Waals surface area contributed by atoms with Crippen molar-refractivity contribution in [2.75, 3.05) is 29.9 Å². The lowest BCUT2D eigenvalue weighted by Crippen LogP contribution is -2.42. The van der Waals surface area contributed by atoms with Crippen molar-refractivity contribution in [2.45, 2.75) is 32.2 Å². The molecule has 1 aliphatic carbocycles. The van der Waals surface area contributed by atoms with E-state index in [2.05, 4.69) is 20.2 Å². The molecule has 5 heteroatoms. The van der Waals surface area contributed by atoms with Crippen molar-refractivity contribution in [1.29, 1.82) is 0 Å². The summed E-state index contributed by atoms with van der Waals surface area (Å²) in [5, 5.41) is 12.3. The number of nitrogens with one attached hydrogen (secondary N) is 1. The number of hydrogen-bond donors (Lipinski definition) is 2. The highest BCUT2D eigenvalue weighted by Crippen LogP contribution is 2.28. The van der Waals surface area contributed by atoms with Crippen molar-refractivity contribution in [3.8, 4) is 0 Å². The van der Waals surface area contributed by atoms with E-state index in [-0.39, 0.29) is 6.61 Å². The highest BCUT2D eigenvalue weighted by molar-refractivity contribution is 5.45. The quantitative estimate of drug-likeness (QED) is 0.778. The fraction of sp³-hybridized carbons (Fsp3) is 0.667. The van der Waals surface area contributed by atoms with Gasteiger partial charge in [0.15, 0.2) is 0 Å². The summed E-state index contributed by atoms with van der Waals surface area (Å²) < 4.78 is 0. The Morgan fingerprint density at radius 2 is 2.29 bits per heavy atom. The van der Waals surface area contributed by atoms with Gasteiger partial charge in [0.1, 0.15) is 11.6 Å². The Kier molecular flexibility index (Phi) is 4.14. The average molecular weight is 236 g/mol. The predicted molar refractivity (Wildman–Crippen MR) is 68.3 cm³/mol. The van der Waals surface area contributed by atoms with Gasteiger partial charge in [0.2, 0.25) is 0 Å². The summed E-state index contributed by atoms with van der Waals surface area (Å²) in [4.78, 5) is 10.9. The zero-order chi connectivity index (χ0) is 12.1. The molecule has 17 heavy (non-hydrogen) atoms. The van der Waals surface area contributed by atoms with Crippen molar-refractivity contribution in [3.63, 3.8) is 0 Å². The van der Waals surface area contributed by atoms with E-state index in [1.165, 1.54) is 19.3 Å². The second kappa shape index (κ2) is 5.82. The molecule has 0 aromatic carbocycles. The molecule has 0 aliphatic heterocycles. The van der Waals surface area contributed by atoms with Crippen molar-refractivity contribution in [1.82, 2.24) is 9.97 Å². The van der Waals surface area contributed by atoms with Crippen LogP contribution >= 0.6 is 0 Å². The fourth-order valence-corrected chi connectivity index (χ4v) is 2.05. The summed E-state index contributed by atoms with van der Waals surface area (Å²) in [7, 11) is 0. The van der Waals surface area contributed by atoms with Crippen LogP contribution in [-0.2, 0) is 0 Å². The first kappa shape index (κ1) is 12.1. The summed E-state index contributed by atoms with van der Waals surface area (Å²) in [6, 6.07) is 0.522. The molecule has 1 fully saturated rings. The summed E-state index contributed by atoms with van der Waals surface area (Å²) in [5.74, 6) is 1.66. The van der Waals surface area contributed by atoms with E-state index in [0.29, 0.717) is 12.6 Å². The number of rotatable bonds is 6. The first-order valence-corrected chi connectivity index (χ1v) is 6.28. The highest BCUT2D eigenvalue weighted by Gasteiger charge is 2.25. The van der Waals surface area contributed by atoms with Gasteiger partial charge in [-0.25, -0.2) is 4.98 Å². The van der Waals surface area contributed by atoms with E-state index >= 15 is 0 Å². The Morgan fingerprint density at radius 1 is 1.47 bits per heavy atom. The van der Waals surface area contributed by atoms with Crippen LogP contribution in [0.15, 0.2) is 12.4 Å². The number of nitrogens with zero attached hydrogens (tertiary/aromatic N) is 3. The molecule has 0 saturated heterocycles. The topological polar surface area (TPSA) is 61.3 Å². The predicted octanol–water partition coefficient (Wildman–Crippen LogP) is 1.26. The van der Waals surface area contributed by atoms with E-state index in [9.17, 15) is 0 Å². The van der Waals surface area contributed by atoms with Gasteiger partial charge in [0, 0.05) is 19.1 Å². The molecule has 1 aromatic rings. The molecule has 5 nitrogen and oxygen atoms in total. The lowest BCUT2D eigenvalue weighted by molar-refractivity contribution is 0.283. The molecule has 0 bridgehead atoms. The van der Waals surface area contributed by atoms with Crippen molar-refractivity contribution in [3.05, 3.63) is 12.4 Å². The van der Waals surface area contributed by atoms with Gasteiger partial charge >= 0.3 is 0 Å². The molecule has 0 radical (unpaired) electrons. The second-order valence-corrected chi connectivity index (χ2v) is 4.29. The van der Waals surface area contributed by atoms with E-state index in [1.807, 2.05) is 6.92 Å². The number of aliphatic hydroxyl groups excluding tert-OH is 1. The molecule has 1 heterocycles. The van der Waals surface area contributed by atoms with E-state index in [4.69, 9.17) is 5.11 Å². The molecule has 0 amide bonds. The molecular formula is C12H20N4O. The first-order chi connectivity index (χ1) is 8.35. The van der Waals surface area contributed by atoms with Crippen LogP contribution in [0.1, 0.15) is 26.2 Å². The normalized spacial score (nSPS) is 15.4.